The third-order valence-electron chi connectivity index (χ3n) is 5.48. The maximum atomic E-state index is 14.0. The van der Waals surface area contributed by atoms with Gasteiger partial charge in [0.2, 0.25) is 0 Å². The van der Waals surface area contributed by atoms with E-state index in [0.717, 1.165) is 23.0 Å². The zero-order chi connectivity index (χ0) is 21.0. The monoisotopic (exact) mass is 410 g/mol. The minimum atomic E-state index is -1.10. The summed E-state index contributed by atoms with van der Waals surface area (Å²) in [6, 6.07) is 4.79. The van der Waals surface area contributed by atoms with E-state index in [4.69, 9.17) is 4.74 Å². The highest BCUT2D eigenvalue weighted by Gasteiger charge is 2.32. The number of amides is 1. The van der Waals surface area contributed by atoms with Gasteiger partial charge in [-0.3, -0.25) is 14.6 Å². The highest BCUT2D eigenvalue weighted by Crippen LogP contribution is 2.34. The first-order valence-corrected chi connectivity index (χ1v) is 9.25. The molecule has 0 fully saturated rings. The van der Waals surface area contributed by atoms with Crippen molar-refractivity contribution in [2.45, 2.75) is 12.6 Å². The summed E-state index contributed by atoms with van der Waals surface area (Å²) in [6.45, 7) is 0.257. The molecule has 0 bridgehead atoms. The van der Waals surface area contributed by atoms with Gasteiger partial charge in [0, 0.05) is 29.9 Å². The molecule has 2 N–H and O–H groups in total. The van der Waals surface area contributed by atoms with Gasteiger partial charge in [-0.2, -0.15) is 0 Å². The lowest BCUT2D eigenvalue weighted by atomic mass is 9.95. The highest BCUT2D eigenvalue weighted by molar-refractivity contribution is 5.98. The van der Waals surface area contributed by atoms with Gasteiger partial charge in [-0.1, -0.05) is 0 Å². The highest BCUT2D eigenvalue weighted by atomic mass is 19.2. The summed E-state index contributed by atoms with van der Waals surface area (Å²) in [5.41, 5.74) is 1.53. The number of rotatable bonds is 2. The molecule has 9 heteroatoms. The van der Waals surface area contributed by atoms with E-state index >= 15 is 0 Å². The van der Waals surface area contributed by atoms with E-state index in [0.29, 0.717) is 17.0 Å². The zero-order valence-corrected chi connectivity index (χ0v) is 15.8. The standard InChI is InChI=1S/C21H16F2N4O3/c1-27(21(29)15-4-10-2-3-24-7-16(10)25-15)18-9-30-8-17-19(18)11-5-13(22)14(23)6-12(11)20(28)26-17/h2-7,18,25H,8-9H2,1H3,(H,26,28)/t18-/m0/s1. The van der Waals surface area contributed by atoms with Gasteiger partial charge in [-0.25, -0.2) is 8.78 Å². The summed E-state index contributed by atoms with van der Waals surface area (Å²) in [5, 5.41) is 1.13. The molecule has 5 rings (SSSR count). The Morgan fingerprint density at radius 2 is 1.97 bits per heavy atom. The number of ether oxygens (including phenoxy) is 1. The normalized spacial score (nSPS) is 16.0. The van der Waals surface area contributed by atoms with Crippen LogP contribution in [0.4, 0.5) is 8.78 Å². The molecule has 1 aliphatic heterocycles. The number of benzene rings is 1. The van der Waals surface area contributed by atoms with Crippen molar-refractivity contribution in [3.63, 3.8) is 0 Å². The Kier molecular flexibility index (Phi) is 4.14. The lowest BCUT2D eigenvalue weighted by Crippen LogP contribution is -2.37. The number of carbonyl (C=O) groups is 1. The molecule has 7 nitrogen and oxygen atoms in total. The van der Waals surface area contributed by atoms with Crippen molar-refractivity contribution in [3.8, 4) is 0 Å². The Labute approximate surface area is 168 Å². The SMILES string of the molecule is CN(C(=O)c1cc2ccncc2[nH]1)[C@H]1COCc2[nH]c(=O)c3cc(F)c(F)cc3c21. The van der Waals surface area contributed by atoms with Gasteiger partial charge in [0.05, 0.1) is 36.4 Å². The number of nitrogens with zero attached hydrogens (tertiary/aromatic N) is 2. The first-order valence-electron chi connectivity index (χ1n) is 9.25. The molecule has 0 spiro atoms. The smallest absolute Gasteiger partial charge is 0.270 e. The van der Waals surface area contributed by atoms with Gasteiger partial charge in [0.1, 0.15) is 5.69 Å². The van der Waals surface area contributed by atoms with E-state index in [1.807, 2.05) is 0 Å². The summed E-state index contributed by atoms with van der Waals surface area (Å²) in [6.07, 6.45) is 3.26. The van der Waals surface area contributed by atoms with Crippen LogP contribution in [-0.2, 0) is 11.3 Å². The van der Waals surface area contributed by atoms with Crippen LogP contribution < -0.4 is 5.56 Å². The van der Waals surface area contributed by atoms with Gasteiger partial charge in [-0.05, 0) is 29.7 Å². The first-order chi connectivity index (χ1) is 14.4. The molecule has 0 radical (unpaired) electrons. The Morgan fingerprint density at radius 1 is 1.20 bits per heavy atom. The van der Waals surface area contributed by atoms with E-state index < -0.39 is 23.2 Å². The number of fused-ring (bicyclic) bond motifs is 4. The Morgan fingerprint density at radius 3 is 2.73 bits per heavy atom. The number of aromatic nitrogens is 3. The number of hydrogen-bond acceptors (Lipinski definition) is 4. The van der Waals surface area contributed by atoms with Crippen LogP contribution in [-0.4, -0.2) is 39.4 Å². The second kappa shape index (κ2) is 6.74. The van der Waals surface area contributed by atoms with Crippen molar-refractivity contribution < 1.29 is 18.3 Å². The molecule has 152 valence electrons. The van der Waals surface area contributed by atoms with Crippen LogP contribution in [0.15, 0.2) is 41.5 Å². The average Bonchev–Trinajstić information content (AvgIpc) is 3.18. The minimum Gasteiger partial charge on any atom is -0.373 e. The second-order valence-electron chi connectivity index (χ2n) is 7.25. The molecule has 3 aromatic heterocycles. The fraction of sp³-hybridized carbons (Fsp3) is 0.190. The molecule has 4 heterocycles. The van der Waals surface area contributed by atoms with E-state index in [1.165, 1.54) is 4.90 Å². The van der Waals surface area contributed by atoms with Crippen molar-refractivity contribution in [1.82, 2.24) is 19.9 Å². The predicted octanol–water partition coefficient (Wildman–Crippen LogP) is 3.03. The second-order valence-corrected chi connectivity index (χ2v) is 7.25. The predicted molar refractivity (Wildman–Crippen MR) is 105 cm³/mol. The maximum Gasteiger partial charge on any atom is 0.270 e. The van der Waals surface area contributed by atoms with Crippen LogP contribution >= 0.6 is 0 Å². The molecule has 0 unspecified atom stereocenters. The largest absolute Gasteiger partial charge is 0.373 e. The van der Waals surface area contributed by atoms with Gasteiger partial charge in [0.25, 0.3) is 11.5 Å². The molecule has 1 amide bonds. The van der Waals surface area contributed by atoms with Gasteiger partial charge in [0.15, 0.2) is 11.6 Å². The fourth-order valence-electron chi connectivity index (χ4n) is 3.97. The number of halogens is 2. The summed E-state index contributed by atoms with van der Waals surface area (Å²) < 4.78 is 33.3. The third-order valence-corrected chi connectivity index (χ3v) is 5.48. The number of likely N-dealkylation sites (N-methyl/N-ethyl adjacent to an activating group) is 1. The maximum absolute atomic E-state index is 14.0. The van der Waals surface area contributed by atoms with Crippen LogP contribution in [0.5, 0.6) is 0 Å². The minimum absolute atomic E-state index is 0.0251. The summed E-state index contributed by atoms with van der Waals surface area (Å²) >= 11 is 0. The van der Waals surface area contributed by atoms with Crippen molar-refractivity contribution in [2.24, 2.45) is 0 Å². The van der Waals surface area contributed by atoms with Crippen molar-refractivity contribution >= 4 is 27.6 Å². The summed E-state index contributed by atoms with van der Waals surface area (Å²) in [5.74, 6) is -2.47. The summed E-state index contributed by atoms with van der Waals surface area (Å²) in [4.78, 5) is 36.7. The number of pyridine rings is 2. The van der Waals surface area contributed by atoms with Crippen molar-refractivity contribution in [2.75, 3.05) is 13.7 Å². The lowest BCUT2D eigenvalue weighted by molar-refractivity contribution is 0.0333. The molecule has 1 aliphatic rings. The van der Waals surface area contributed by atoms with Crippen LogP contribution in [0.25, 0.3) is 21.7 Å². The molecule has 1 aromatic carbocycles. The Balaban J connectivity index is 1.63. The van der Waals surface area contributed by atoms with E-state index in [9.17, 15) is 18.4 Å². The molecule has 30 heavy (non-hydrogen) atoms. The number of nitrogens with one attached hydrogen (secondary N) is 2. The topological polar surface area (TPSA) is 91.1 Å². The van der Waals surface area contributed by atoms with Crippen LogP contribution in [0.3, 0.4) is 0 Å². The third kappa shape index (κ3) is 2.78. The quantitative estimate of drug-likeness (QED) is 0.532. The van der Waals surface area contributed by atoms with Crippen LogP contribution in [0, 0.1) is 11.6 Å². The molecule has 0 saturated heterocycles. The zero-order valence-electron chi connectivity index (χ0n) is 15.8. The first kappa shape index (κ1) is 18.4. The number of aromatic amines is 2. The van der Waals surface area contributed by atoms with E-state index in [1.54, 1.807) is 31.6 Å². The molecule has 1 atom stereocenters. The molecule has 0 aliphatic carbocycles. The molecular weight excluding hydrogens is 394 g/mol. The van der Waals surface area contributed by atoms with E-state index in [-0.39, 0.29) is 29.9 Å². The number of H-pyrrole nitrogens is 2. The van der Waals surface area contributed by atoms with Gasteiger partial charge in [-0.15, -0.1) is 0 Å². The van der Waals surface area contributed by atoms with Crippen molar-refractivity contribution in [1.29, 1.82) is 0 Å². The fourth-order valence-corrected chi connectivity index (χ4v) is 3.97. The van der Waals surface area contributed by atoms with Crippen molar-refractivity contribution in [3.05, 3.63) is 75.6 Å². The lowest BCUT2D eigenvalue weighted by Gasteiger charge is -2.33. The van der Waals surface area contributed by atoms with Crippen LogP contribution in [0.2, 0.25) is 0 Å². The van der Waals surface area contributed by atoms with Crippen LogP contribution in [0.1, 0.15) is 27.8 Å². The van der Waals surface area contributed by atoms with Gasteiger partial charge >= 0.3 is 0 Å². The molecule has 0 saturated carbocycles. The Hall–Kier alpha value is -3.59. The number of hydrogen-bond donors (Lipinski definition) is 2. The molecule has 4 aromatic rings. The van der Waals surface area contributed by atoms with Gasteiger partial charge < -0.3 is 19.6 Å². The Bertz CT molecular complexity index is 1350. The average molecular weight is 410 g/mol. The summed E-state index contributed by atoms with van der Waals surface area (Å²) in [7, 11) is 1.60. The van der Waals surface area contributed by atoms with E-state index in [2.05, 4.69) is 15.0 Å². The molecular formula is C21H16F2N4O3. The number of carbonyl (C=O) groups excluding carboxylic acids is 1.